The number of halogens is 1. The molecule has 0 aliphatic rings. The highest BCUT2D eigenvalue weighted by Gasteiger charge is 2.30. The van der Waals surface area contributed by atoms with Gasteiger partial charge in [0, 0.05) is 5.56 Å². The van der Waals surface area contributed by atoms with Gasteiger partial charge in [0.1, 0.15) is 17.3 Å². The Bertz CT molecular complexity index is 1120. The first-order valence-electron chi connectivity index (χ1n) is 8.38. The van der Waals surface area contributed by atoms with Crippen LogP contribution in [0, 0.1) is 5.82 Å². The Morgan fingerprint density at radius 2 is 1.79 bits per heavy atom. The molecule has 0 unspecified atom stereocenters. The van der Waals surface area contributed by atoms with Crippen molar-refractivity contribution in [2.75, 3.05) is 7.11 Å². The minimum absolute atomic E-state index is 0.0261. The lowest BCUT2D eigenvalue weighted by Gasteiger charge is -2.15. The summed E-state index contributed by atoms with van der Waals surface area (Å²) >= 11 is 0. The molecule has 152 valence electrons. The molecule has 1 heterocycles. The number of nitrogens with one attached hydrogen (secondary N) is 1. The summed E-state index contributed by atoms with van der Waals surface area (Å²) in [4.78, 5) is 11.5. The lowest BCUT2D eigenvalue weighted by Crippen LogP contribution is -2.28. The Hall–Kier alpha value is -3.24. The highest BCUT2D eigenvalue weighted by Crippen LogP contribution is 2.32. The summed E-state index contributed by atoms with van der Waals surface area (Å²) in [6.07, 6.45) is 0. The molecule has 0 saturated carbocycles. The number of rotatable bonds is 7. The van der Waals surface area contributed by atoms with E-state index in [1.165, 1.54) is 62.6 Å². The molecule has 0 aliphatic heterocycles. The van der Waals surface area contributed by atoms with Crippen LogP contribution in [0.2, 0.25) is 0 Å². The third kappa shape index (κ3) is 4.28. The van der Waals surface area contributed by atoms with E-state index in [1.54, 1.807) is 0 Å². The topological polar surface area (TPSA) is 119 Å². The molecule has 29 heavy (non-hydrogen) atoms. The molecular weight excluding hydrogens is 403 g/mol. The predicted molar refractivity (Wildman–Crippen MR) is 101 cm³/mol. The highest BCUT2D eigenvalue weighted by atomic mass is 32.2. The zero-order valence-electron chi connectivity index (χ0n) is 15.4. The number of hydrogen-bond donors (Lipinski definition) is 2. The van der Waals surface area contributed by atoms with Gasteiger partial charge < -0.3 is 14.4 Å². The Kier molecular flexibility index (Phi) is 5.66. The molecule has 0 amide bonds. The van der Waals surface area contributed by atoms with Crippen LogP contribution in [0.5, 0.6) is 5.75 Å². The van der Waals surface area contributed by atoms with E-state index < -0.39 is 33.6 Å². The second-order valence-electron chi connectivity index (χ2n) is 6.10. The standard InChI is InChI=1S/C19H17FN2O6S/c1-11(22-29(25,26)15-9-7-14(27-2)8-10-15)16-17(21-28-18(16)19(23)24)12-3-5-13(20)6-4-12/h3-11,22H,1-2H3,(H,23,24)/t11-/m1/s1. The van der Waals surface area contributed by atoms with E-state index in [4.69, 9.17) is 9.26 Å². The Labute approximate surface area is 166 Å². The van der Waals surface area contributed by atoms with Crippen LogP contribution in [-0.4, -0.2) is 31.8 Å². The number of sulfonamides is 1. The van der Waals surface area contributed by atoms with Crippen LogP contribution in [0.25, 0.3) is 11.3 Å². The average Bonchev–Trinajstić information content (AvgIpc) is 3.14. The maximum Gasteiger partial charge on any atom is 0.375 e. The monoisotopic (exact) mass is 420 g/mol. The van der Waals surface area contributed by atoms with Gasteiger partial charge >= 0.3 is 5.97 Å². The first-order valence-corrected chi connectivity index (χ1v) is 9.86. The lowest BCUT2D eigenvalue weighted by molar-refractivity contribution is 0.0649. The van der Waals surface area contributed by atoms with Gasteiger partial charge in [0.05, 0.1) is 23.6 Å². The van der Waals surface area contributed by atoms with Crippen LogP contribution in [0.15, 0.2) is 57.9 Å². The third-order valence-corrected chi connectivity index (χ3v) is 5.73. The number of carboxylic acid groups (broad SMARTS) is 1. The number of ether oxygens (including phenoxy) is 1. The molecule has 8 nitrogen and oxygen atoms in total. The van der Waals surface area contributed by atoms with Crippen LogP contribution in [-0.2, 0) is 10.0 Å². The minimum Gasteiger partial charge on any atom is -0.497 e. The van der Waals surface area contributed by atoms with Gasteiger partial charge in [-0.2, -0.15) is 0 Å². The van der Waals surface area contributed by atoms with Crippen molar-refractivity contribution in [3.05, 3.63) is 65.7 Å². The summed E-state index contributed by atoms with van der Waals surface area (Å²) in [5, 5.41) is 13.2. The fourth-order valence-electron chi connectivity index (χ4n) is 2.78. The number of aromatic nitrogens is 1. The molecule has 3 rings (SSSR count). The van der Waals surface area contributed by atoms with Crippen molar-refractivity contribution in [3.63, 3.8) is 0 Å². The van der Waals surface area contributed by atoms with Crippen LogP contribution < -0.4 is 9.46 Å². The van der Waals surface area contributed by atoms with E-state index in [0.29, 0.717) is 11.3 Å². The van der Waals surface area contributed by atoms with Crippen molar-refractivity contribution < 1.29 is 32.0 Å². The molecule has 0 aliphatic carbocycles. The minimum atomic E-state index is -3.99. The number of carbonyl (C=O) groups is 1. The van der Waals surface area contributed by atoms with Gasteiger partial charge in [0.15, 0.2) is 0 Å². The molecule has 10 heteroatoms. The van der Waals surface area contributed by atoms with Crippen molar-refractivity contribution in [3.8, 4) is 17.0 Å². The van der Waals surface area contributed by atoms with Gasteiger partial charge in [-0.05, 0) is 55.5 Å². The molecule has 0 radical (unpaired) electrons. The van der Waals surface area contributed by atoms with Gasteiger partial charge in [-0.25, -0.2) is 22.3 Å². The van der Waals surface area contributed by atoms with Crippen LogP contribution in [0.3, 0.4) is 0 Å². The van der Waals surface area contributed by atoms with Gasteiger partial charge in [-0.3, -0.25) is 0 Å². The van der Waals surface area contributed by atoms with E-state index in [-0.39, 0.29) is 16.2 Å². The molecule has 2 aromatic carbocycles. The van der Waals surface area contributed by atoms with Crippen LogP contribution in [0.1, 0.15) is 29.1 Å². The second kappa shape index (κ2) is 8.02. The predicted octanol–water partition coefficient (Wildman–Crippen LogP) is 3.23. The normalized spacial score (nSPS) is 12.5. The average molecular weight is 420 g/mol. The highest BCUT2D eigenvalue weighted by molar-refractivity contribution is 7.89. The third-order valence-electron chi connectivity index (χ3n) is 4.17. The zero-order chi connectivity index (χ0) is 21.2. The van der Waals surface area contributed by atoms with Crippen molar-refractivity contribution in [2.45, 2.75) is 17.9 Å². The maximum absolute atomic E-state index is 13.2. The lowest BCUT2D eigenvalue weighted by atomic mass is 10.0. The summed E-state index contributed by atoms with van der Waals surface area (Å²) < 4.78 is 51.0. The molecule has 0 bridgehead atoms. The summed E-state index contributed by atoms with van der Waals surface area (Å²) in [6.45, 7) is 1.47. The number of aromatic carboxylic acids is 1. The number of carboxylic acids is 1. The van der Waals surface area contributed by atoms with E-state index in [9.17, 15) is 22.7 Å². The number of methoxy groups -OCH3 is 1. The fraction of sp³-hybridized carbons (Fsp3) is 0.158. The molecule has 3 aromatic rings. The maximum atomic E-state index is 13.2. The van der Waals surface area contributed by atoms with Crippen molar-refractivity contribution in [1.82, 2.24) is 9.88 Å². The van der Waals surface area contributed by atoms with E-state index >= 15 is 0 Å². The zero-order valence-corrected chi connectivity index (χ0v) is 16.2. The van der Waals surface area contributed by atoms with E-state index in [0.717, 1.165) is 0 Å². The Morgan fingerprint density at radius 3 is 2.34 bits per heavy atom. The smallest absolute Gasteiger partial charge is 0.375 e. The largest absolute Gasteiger partial charge is 0.497 e. The second-order valence-corrected chi connectivity index (χ2v) is 7.82. The van der Waals surface area contributed by atoms with Crippen LogP contribution in [0.4, 0.5) is 4.39 Å². The van der Waals surface area contributed by atoms with Crippen molar-refractivity contribution in [1.29, 1.82) is 0 Å². The number of hydrogen-bond acceptors (Lipinski definition) is 6. The van der Waals surface area contributed by atoms with E-state index in [2.05, 4.69) is 9.88 Å². The van der Waals surface area contributed by atoms with Gasteiger partial charge in [-0.1, -0.05) is 5.16 Å². The first kappa shape index (κ1) is 20.5. The summed E-state index contributed by atoms with van der Waals surface area (Å²) in [6, 6.07) is 9.86. The van der Waals surface area contributed by atoms with Crippen molar-refractivity contribution >= 4 is 16.0 Å². The van der Waals surface area contributed by atoms with Gasteiger partial charge in [0.25, 0.3) is 0 Å². The fourth-order valence-corrected chi connectivity index (χ4v) is 4.00. The molecule has 1 aromatic heterocycles. The molecular formula is C19H17FN2O6S. The molecule has 1 atom stereocenters. The van der Waals surface area contributed by atoms with E-state index in [1.807, 2.05) is 0 Å². The van der Waals surface area contributed by atoms with Crippen molar-refractivity contribution in [2.24, 2.45) is 0 Å². The van der Waals surface area contributed by atoms with Gasteiger partial charge in [0.2, 0.25) is 15.8 Å². The van der Waals surface area contributed by atoms with Gasteiger partial charge in [-0.15, -0.1) is 0 Å². The molecule has 0 spiro atoms. The summed E-state index contributed by atoms with van der Waals surface area (Å²) in [7, 11) is -2.53. The quantitative estimate of drug-likeness (QED) is 0.602. The molecule has 2 N–H and O–H groups in total. The summed E-state index contributed by atoms with van der Waals surface area (Å²) in [5.41, 5.74) is 0.515. The SMILES string of the molecule is COc1ccc(S(=O)(=O)N[C@H](C)c2c(-c3ccc(F)cc3)noc2C(=O)O)cc1. The Balaban J connectivity index is 1.99. The number of nitrogens with zero attached hydrogens (tertiary/aromatic N) is 1. The summed E-state index contributed by atoms with van der Waals surface area (Å²) in [5.74, 6) is -1.90. The molecule has 0 saturated heterocycles. The first-order chi connectivity index (χ1) is 13.7. The molecule has 0 fully saturated rings. The van der Waals surface area contributed by atoms with Crippen LogP contribution >= 0.6 is 0 Å². The Morgan fingerprint density at radius 1 is 1.17 bits per heavy atom. The number of benzene rings is 2.